The van der Waals surface area contributed by atoms with Crippen molar-refractivity contribution in [1.29, 1.82) is 0 Å². The Balaban J connectivity index is 1.68. The number of ketones is 1. The van der Waals surface area contributed by atoms with Crippen molar-refractivity contribution in [3.63, 3.8) is 0 Å². The molecule has 4 aromatic carbocycles. The lowest BCUT2D eigenvalue weighted by Crippen LogP contribution is -2.07. The summed E-state index contributed by atoms with van der Waals surface area (Å²) >= 11 is 0. The SMILES string of the molecule is COc1ccc(COc2cc(OCc3ccc(OC)cc3)c(C(C)C)cc2C(=O)/C=C/c2cc(OC)ccc2OC)cc1. The molecule has 224 valence electrons. The molecule has 4 rings (SSSR count). The van der Waals surface area contributed by atoms with Gasteiger partial charge in [0.1, 0.15) is 47.7 Å². The Morgan fingerprint density at radius 3 is 1.67 bits per heavy atom. The number of ether oxygens (including phenoxy) is 6. The Bertz CT molecular complexity index is 1540. The van der Waals surface area contributed by atoms with Crippen molar-refractivity contribution in [2.45, 2.75) is 33.0 Å². The topological polar surface area (TPSA) is 72.5 Å². The maximum absolute atomic E-state index is 13.7. The van der Waals surface area contributed by atoms with Crippen LogP contribution >= 0.6 is 0 Å². The van der Waals surface area contributed by atoms with E-state index in [1.165, 1.54) is 6.08 Å². The van der Waals surface area contributed by atoms with Crippen molar-refractivity contribution < 1.29 is 33.2 Å². The van der Waals surface area contributed by atoms with Gasteiger partial charge >= 0.3 is 0 Å². The minimum absolute atomic E-state index is 0.0931. The fourth-order valence-electron chi connectivity index (χ4n) is 4.46. The summed E-state index contributed by atoms with van der Waals surface area (Å²) in [5.74, 6) is 3.80. The van der Waals surface area contributed by atoms with Crippen molar-refractivity contribution in [2.75, 3.05) is 28.4 Å². The zero-order valence-electron chi connectivity index (χ0n) is 25.5. The van der Waals surface area contributed by atoms with Crippen LogP contribution < -0.4 is 28.4 Å². The van der Waals surface area contributed by atoms with Gasteiger partial charge in [0.2, 0.25) is 0 Å². The Kier molecular flexibility index (Phi) is 10.7. The van der Waals surface area contributed by atoms with E-state index in [2.05, 4.69) is 13.8 Å². The molecule has 0 radical (unpaired) electrons. The van der Waals surface area contributed by atoms with E-state index >= 15 is 0 Å². The molecule has 0 atom stereocenters. The van der Waals surface area contributed by atoms with Crippen molar-refractivity contribution in [2.24, 2.45) is 0 Å². The molecule has 0 heterocycles. The van der Waals surface area contributed by atoms with Crippen LogP contribution in [-0.4, -0.2) is 34.2 Å². The van der Waals surface area contributed by atoms with E-state index < -0.39 is 0 Å². The maximum atomic E-state index is 13.7. The number of hydrogen-bond acceptors (Lipinski definition) is 7. The van der Waals surface area contributed by atoms with Gasteiger partial charge in [-0.1, -0.05) is 38.1 Å². The summed E-state index contributed by atoms with van der Waals surface area (Å²) in [7, 11) is 6.45. The standard InChI is InChI=1S/C36H38O7/c1-24(2)31-20-32(33(37)17-11-27-19-30(40-5)16-18-34(27)41-6)36(43-23-26-9-14-29(39-4)15-10-26)21-35(31)42-22-25-7-12-28(38-3)13-8-25/h7-21,24H,22-23H2,1-6H3/b17-11+. The van der Waals surface area contributed by atoms with Crippen LogP contribution in [0.4, 0.5) is 0 Å². The van der Waals surface area contributed by atoms with Crippen molar-refractivity contribution in [1.82, 2.24) is 0 Å². The highest BCUT2D eigenvalue weighted by Crippen LogP contribution is 2.36. The van der Waals surface area contributed by atoms with E-state index in [-0.39, 0.29) is 18.3 Å². The highest BCUT2D eigenvalue weighted by molar-refractivity contribution is 6.09. The Labute approximate surface area is 253 Å². The van der Waals surface area contributed by atoms with Gasteiger partial charge in [0.25, 0.3) is 0 Å². The summed E-state index contributed by atoms with van der Waals surface area (Å²) in [6, 6.07) is 24.4. The molecule has 0 spiro atoms. The number of benzene rings is 4. The molecular weight excluding hydrogens is 544 g/mol. The third-order valence-corrected chi connectivity index (χ3v) is 6.96. The predicted octanol–water partition coefficient (Wildman–Crippen LogP) is 7.90. The number of methoxy groups -OCH3 is 4. The first-order chi connectivity index (χ1) is 20.8. The lowest BCUT2D eigenvalue weighted by Gasteiger charge is -2.19. The molecule has 0 unspecified atom stereocenters. The lowest BCUT2D eigenvalue weighted by atomic mass is 9.96. The Morgan fingerprint density at radius 2 is 1.16 bits per heavy atom. The van der Waals surface area contributed by atoms with Crippen LogP contribution in [0, 0.1) is 0 Å². The summed E-state index contributed by atoms with van der Waals surface area (Å²) < 4.78 is 33.9. The van der Waals surface area contributed by atoms with E-state index in [9.17, 15) is 4.79 Å². The van der Waals surface area contributed by atoms with Crippen LogP contribution in [0.1, 0.15) is 52.4 Å². The third kappa shape index (κ3) is 8.10. The molecule has 43 heavy (non-hydrogen) atoms. The third-order valence-electron chi connectivity index (χ3n) is 6.96. The molecule has 0 amide bonds. The van der Waals surface area contributed by atoms with Gasteiger partial charge < -0.3 is 28.4 Å². The van der Waals surface area contributed by atoms with Crippen LogP contribution in [0.15, 0.2) is 84.9 Å². The Morgan fingerprint density at radius 1 is 0.628 bits per heavy atom. The Hall–Kier alpha value is -4.91. The second-order valence-corrected chi connectivity index (χ2v) is 10.1. The predicted molar refractivity (Wildman–Crippen MR) is 168 cm³/mol. The van der Waals surface area contributed by atoms with Gasteiger partial charge in [0, 0.05) is 11.6 Å². The monoisotopic (exact) mass is 582 g/mol. The second-order valence-electron chi connectivity index (χ2n) is 10.1. The molecule has 0 aliphatic heterocycles. The van der Waals surface area contributed by atoms with Gasteiger partial charge in [-0.25, -0.2) is 0 Å². The molecule has 0 saturated heterocycles. The smallest absolute Gasteiger partial charge is 0.189 e. The fraction of sp³-hybridized carbons (Fsp3) is 0.250. The fourth-order valence-corrected chi connectivity index (χ4v) is 4.46. The van der Waals surface area contributed by atoms with E-state index in [0.717, 1.165) is 33.8 Å². The zero-order valence-corrected chi connectivity index (χ0v) is 25.5. The molecule has 0 N–H and O–H groups in total. The number of rotatable bonds is 14. The van der Waals surface area contributed by atoms with E-state index in [0.29, 0.717) is 35.2 Å². The lowest BCUT2D eigenvalue weighted by molar-refractivity contribution is 0.104. The molecular formula is C36H38O7. The van der Waals surface area contributed by atoms with Crippen LogP contribution in [-0.2, 0) is 13.2 Å². The van der Waals surface area contributed by atoms with Gasteiger partial charge in [-0.2, -0.15) is 0 Å². The van der Waals surface area contributed by atoms with Crippen molar-refractivity contribution in [3.8, 4) is 34.5 Å². The second kappa shape index (κ2) is 14.8. The van der Waals surface area contributed by atoms with Crippen LogP contribution in [0.3, 0.4) is 0 Å². The van der Waals surface area contributed by atoms with Gasteiger partial charge in [0.15, 0.2) is 5.78 Å². The normalized spacial score (nSPS) is 11.0. The van der Waals surface area contributed by atoms with Gasteiger partial charge in [-0.05, 0) is 83.3 Å². The van der Waals surface area contributed by atoms with Crippen LogP contribution in [0.25, 0.3) is 6.08 Å². The van der Waals surface area contributed by atoms with Gasteiger partial charge in [-0.3, -0.25) is 4.79 Å². The first-order valence-corrected chi connectivity index (χ1v) is 14.0. The molecule has 0 bridgehead atoms. The molecule has 0 aliphatic carbocycles. The van der Waals surface area contributed by atoms with Crippen LogP contribution in [0.5, 0.6) is 34.5 Å². The summed E-state index contributed by atoms with van der Waals surface area (Å²) in [5.41, 5.74) is 3.99. The molecule has 7 heteroatoms. The summed E-state index contributed by atoms with van der Waals surface area (Å²) in [6.07, 6.45) is 3.24. The molecule has 0 aromatic heterocycles. The largest absolute Gasteiger partial charge is 0.497 e. The van der Waals surface area contributed by atoms with Gasteiger partial charge in [-0.15, -0.1) is 0 Å². The zero-order chi connectivity index (χ0) is 30.8. The highest BCUT2D eigenvalue weighted by Gasteiger charge is 2.19. The maximum Gasteiger partial charge on any atom is 0.189 e. The number of hydrogen-bond donors (Lipinski definition) is 0. The molecule has 0 aliphatic rings. The van der Waals surface area contributed by atoms with Crippen LogP contribution in [0.2, 0.25) is 0 Å². The van der Waals surface area contributed by atoms with Crippen molar-refractivity contribution in [3.05, 3.63) is 113 Å². The summed E-state index contributed by atoms with van der Waals surface area (Å²) in [5, 5.41) is 0. The molecule has 0 fully saturated rings. The minimum atomic E-state index is -0.210. The molecule has 7 nitrogen and oxygen atoms in total. The average Bonchev–Trinajstić information content (AvgIpc) is 3.05. The van der Waals surface area contributed by atoms with E-state index in [1.807, 2.05) is 72.8 Å². The van der Waals surface area contributed by atoms with Crippen molar-refractivity contribution >= 4 is 11.9 Å². The quantitative estimate of drug-likeness (QED) is 0.111. The average molecular weight is 583 g/mol. The molecule has 4 aromatic rings. The van der Waals surface area contributed by atoms with Gasteiger partial charge in [0.05, 0.1) is 34.0 Å². The van der Waals surface area contributed by atoms with E-state index in [1.54, 1.807) is 40.6 Å². The number of allylic oxidation sites excluding steroid dienone is 1. The minimum Gasteiger partial charge on any atom is -0.497 e. The summed E-state index contributed by atoms with van der Waals surface area (Å²) in [6.45, 7) is 4.75. The first kappa shape index (κ1) is 31.0. The van der Waals surface area contributed by atoms with E-state index in [4.69, 9.17) is 28.4 Å². The first-order valence-electron chi connectivity index (χ1n) is 14.0. The molecule has 0 saturated carbocycles. The summed E-state index contributed by atoms with van der Waals surface area (Å²) in [4.78, 5) is 13.7. The highest BCUT2D eigenvalue weighted by atomic mass is 16.5. The number of carbonyl (C=O) groups excluding carboxylic acids is 1. The number of carbonyl (C=O) groups is 1.